The number of allylic oxidation sites excluding steroid dienone is 4. The van der Waals surface area contributed by atoms with Gasteiger partial charge in [-0.2, -0.15) is 10.5 Å². The van der Waals surface area contributed by atoms with Gasteiger partial charge in [-0.25, -0.2) is 0 Å². The summed E-state index contributed by atoms with van der Waals surface area (Å²) < 4.78 is 0. The molecule has 5 heteroatoms. The molecule has 1 aliphatic rings. The highest BCUT2D eigenvalue weighted by molar-refractivity contribution is 6.19. The molecule has 2 N–H and O–H groups in total. The molecule has 0 radical (unpaired) electrons. The minimum Gasteiger partial charge on any atom is -0.395 e. The fourth-order valence-corrected chi connectivity index (χ4v) is 0.978. The number of ketones is 2. The summed E-state index contributed by atoms with van der Waals surface area (Å²) >= 11 is 0. The number of nitriles is 2. The molecule has 0 aromatic rings. The highest BCUT2D eigenvalue weighted by Crippen LogP contribution is 2.13. The predicted octanol–water partition coefficient (Wildman–Crippen LogP) is 0.517. The summed E-state index contributed by atoms with van der Waals surface area (Å²) in [7, 11) is 0. The molecule has 0 bridgehead atoms. The summed E-state index contributed by atoms with van der Waals surface area (Å²) in [5, 5.41) is 14.5. The third-order valence-corrected chi connectivity index (χ3v) is 1.67. The lowest BCUT2D eigenvalue weighted by Gasteiger charge is -2.08. The van der Waals surface area contributed by atoms with Crippen molar-refractivity contribution in [3.8, 4) is 12.1 Å². The summed E-state index contributed by atoms with van der Waals surface area (Å²) in [6.07, 6.45) is 4.31. The molecular weight excluding hydrogens is 206 g/mol. The van der Waals surface area contributed by atoms with Crippen molar-refractivity contribution in [3.63, 3.8) is 0 Å². The number of rotatable bonds is 2. The van der Waals surface area contributed by atoms with Crippen molar-refractivity contribution in [1.29, 1.82) is 10.5 Å². The normalized spacial score (nSPS) is 13.4. The van der Waals surface area contributed by atoms with E-state index in [2.05, 4.69) is 6.58 Å². The van der Waals surface area contributed by atoms with Crippen molar-refractivity contribution >= 4 is 11.6 Å². The minimum atomic E-state index is -0.300. The highest BCUT2D eigenvalue weighted by Gasteiger charge is 2.18. The number of hydrogen-bond donors (Lipinski definition) is 1. The molecule has 5 nitrogen and oxygen atoms in total. The van der Waals surface area contributed by atoms with Crippen LogP contribution in [0.5, 0.6) is 0 Å². The van der Waals surface area contributed by atoms with Crippen molar-refractivity contribution in [2.24, 2.45) is 5.73 Å². The first-order valence-electron chi connectivity index (χ1n) is 4.22. The Hall–Kier alpha value is -2.66. The van der Waals surface area contributed by atoms with Crippen LogP contribution in [-0.4, -0.2) is 11.6 Å². The summed E-state index contributed by atoms with van der Waals surface area (Å²) in [6.45, 7) is 3.47. The van der Waals surface area contributed by atoms with E-state index in [1.807, 2.05) is 0 Å². The Bertz CT molecular complexity index is 447. The molecule has 1 rings (SSSR count). The molecule has 0 unspecified atom stereocenters. The van der Waals surface area contributed by atoms with Gasteiger partial charge in [0.1, 0.15) is 0 Å². The van der Waals surface area contributed by atoms with Crippen LogP contribution >= 0.6 is 0 Å². The number of carbonyl (C=O) groups is 2. The van der Waals surface area contributed by atoms with Gasteiger partial charge >= 0.3 is 0 Å². The third kappa shape index (κ3) is 3.60. The second-order valence-electron chi connectivity index (χ2n) is 2.67. The first kappa shape index (κ1) is 13.3. The van der Waals surface area contributed by atoms with Crippen molar-refractivity contribution < 1.29 is 9.59 Å². The van der Waals surface area contributed by atoms with Crippen LogP contribution in [0.1, 0.15) is 6.42 Å². The number of nitrogens with zero attached hydrogens (tertiary/aromatic N) is 2. The Balaban J connectivity index is 0.000000487. The zero-order valence-corrected chi connectivity index (χ0v) is 8.43. The molecule has 0 atom stereocenters. The SMILES string of the molecule is C=CCC1=C(N)C(=O)C=CC1=O.N#CC#N. The molecule has 0 spiro atoms. The molecule has 1 aliphatic carbocycles. The summed E-state index contributed by atoms with van der Waals surface area (Å²) in [4.78, 5) is 22.1. The van der Waals surface area contributed by atoms with Crippen molar-refractivity contribution in [3.05, 3.63) is 36.1 Å². The summed E-state index contributed by atoms with van der Waals surface area (Å²) in [5.74, 6) is -0.501. The summed E-state index contributed by atoms with van der Waals surface area (Å²) in [5.41, 5.74) is 5.80. The highest BCUT2D eigenvalue weighted by atomic mass is 16.1. The maximum absolute atomic E-state index is 11.1. The monoisotopic (exact) mass is 215 g/mol. The largest absolute Gasteiger partial charge is 0.395 e. The topological polar surface area (TPSA) is 108 Å². The Morgan fingerprint density at radius 2 is 1.75 bits per heavy atom. The molecule has 0 heterocycles. The van der Waals surface area contributed by atoms with Crippen LogP contribution in [0.15, 0.2) is 36.1 Å². The molecular formula is C11H9N3O2. The molecule has 0 aromatic carbocycles. The van der Waals surface area contributed by atoms with Crippen LogP contribution in [0.25, 0.3) is 0 Å². The van der Waals surface area contributed by atoms with Crippen LogP contribution in [0.2, 0.25) is 0 Å². The molecule has 0 aliphatic heterocycles. The maximum Gasteiger partial charge on any atom is 0.202 e. The van der Waals surface area contributed by atoms with Gasteiger partial charge in [0, 0.05) is 5.57 Å². The second-order valence-corrected chi connectivity index (χ2v) is 2.67. The van der Waals surface area contributed by atoms with E-state index >= 15 is 0 Å². The van der Waals surface area contributed by atoms with E-state index in [4.69, 9.17) is 16.3 Å². The quantitative estimate of drug-likeness (QED) is 0.533. The van der Waals surface area contributed by atoms with Crippen molar-refractivity contribution in [2.45, 2.75) is 6.42 Å². The van der Waals surface area contributed by atoms with Crippen LogP contribution in [0.4, 0.5) is 0 Å². The molecule has 0 amide bonds. The van der Waals surface area contributed by atoms with Crippen LogP contribution in [-0.2, 0) is 9.59 Å². The van der Waals surface area contributed by atoms with E-state index in [0.29, 0.717) is 12.0 Å². The molecule has 0 fully saturated rings. The fourth-order valence-electron chi connectivity index (χ4n) is 0.978. The molecule has 16 heavy (non-hydrogen) atoms. The summed E-state index contributed by atoms with van der Waals surface area (Å²) in [6, 6.07) is 2.47. The molecule has 80 valence electrons. The van der Waals surface area contributed by atoms with Crippen LogP contribution in [0, 0.1) is 22.7 Å². The van der Waals surface area contributed by atoms with E-state index in [-0.39, 0.29) is 17.3 Å². The van der Waals surface area contributed by atoms with Crippen LogP contribution in [0.3, 0.4) is 0 Å². The molecule has 0 aromatic heterocycles. The lowest BCUT2D eigenvalue weighted by Crippen LogP contribution is -2.20. The van der Waals surface area contributed by atoms with E-state index in [1.165, 1.54) is 24.3 Å². The van der Waals surface area contributed by atoms with E-state index < -0.39 is 0 Å². The fraction of sp³-hybridized carbons (Fsp3) is 0.0909. The van der Waals surface area contributed by atoms with Gasteiger partial charge in [-0.15, -0.1) is 6.58 Å². The van der Waals surface area contributed by atoms with Gasteiger partial charge in [0.05, 0.1) is 5.70 Å². The van der Waals surface area contributed by atoms with Gasteiger partial charge in [0.2, 0.25) is 5.78 Å². The van der Waals surface area contributed by atoms with Gasteiger partial charge < -0.3 is 5.73 Å². The average Bonchev–Trinajstić information content (AvgIpc) is 2.30. The number of hydrogen-bond acceptors (Lipinski definition) is 5. The smallest absolute Gasteiger partial charge is 0.202 e. The van der Waals surface area contributed by atoms with Gasteiger partial charge in [0.15, 0.2) is 17.9 Å². The van der Waals surface area contributed by atoms with Crippen molar-refractivity contribution in [2.75, 3.05) is 0 Å². The van der Waals surface area contributed by atoms with Gasteiger partial charge in [0.25, 0.3) is 0 Å². The minimum absolute atomic E-state index is 0.0439. The van der Waals surface area contributed by atoms with Crippen molar-refractivity contribution in [1.82, 2.24) is 0 Å². The zero-order chi connectivity index (χ0) is 12.6. The zero-order valence-electron chi connectivity index (χ0n) is 8.43. The molecule has 0 saturated heterocycles. The van der Waals surface area contributed by atoms with E-state index in [1.54, 1.807) is 6.08 Å². The number of nitrogens with two attached hydrogens (primary N) is 1. The standard InChI is InChI=1S/C9H9NO2.C2N2/c1-2-3-6-7(11)4-5-8(12)9(6)10;3-1-2-4/h2,4-5H,1,3,10H2;. The maximum atomic E-state index is 11.1. The number of carbonyl (C=O) groups excluding carboxylic acids is 2. The second kappa shape index (κ2) is 6.74. The third-order valence-electron chi connectivity index (χ3n) is 1.67. The average molecular weight is 215 g/mol. The van der Waals surface area contributed by atoms with E-state index in [9.17, 15) is 9.59 Å². The van der Waals surface area contributed by atoms with Gasteiger partial charge in [-0.05, 0) is 18.6 Å². The first-order chi connectivity index (χ1) is 7.58. The lowest BCUT2D eigenvalue weighted by molar-refractivity contribution is -0.115. The van der Waals surface area contributed by atoms with Gasteiger partial charge in [-0.3, -0.25) is 9.59 Å². The Morgan fingerprint density at radius 1 is 1.25 bits per heavy atom. The van der Waals surface area contributed by atoms with E-state index in [0.717, 1.165) is 0 Å². The van der Waals surface area contributed by atoms with Gasteiger partial charge in [-0.1, -0.05) is 6.08 Å². The van der Waals surface area contributed by atoms with Crippen LogP contribution < -0.4 is 5.73 Å². The molecule has 0 saturated carbocycles. The predicted molar refractivity (Wildman–Crippen MR) is 56.4 cm³/mol. The Morgan fingerprint density at radius 3 is 2.19 bits per heavy atom. The lowest BCUT2D eigenvalue weighted by atomic mass is 9.98. The Kier molecular flexibility index (Phi) is 5.62. The Labute approximate surface area is 92.8 Å². The first-order valence-corrected chi connectivity index (χ1v) is 4.22.